The van der Waals surface area contributed by atoms with Crippen LogP contribution in [0.5, 0.6) is 0 Å². The van der Waals surface area contributed by atoms with Gasteiger partial charge in [-0.25, -0.2) is 0 Å². The molecule has 0 aromatic rings. The Bertz CT molecular complexity index is 31.8. The van der Waals surface area contributed by atoms with E-state index in [1.807, 2.05) is 0 Å². The zero-order valence-electron chi connectivity index (χ0n) is 3.11. The van der Waals surface area contributed by atoms with Crippen molar-refractivity contribution in [2.75, 3.05) is 0 Å². The van der Waals surface area contributed by atoms with Gasteiger partial charge in [0.05, 0.1) is 0 Å². The summed E-state index contributed by atoms with van der Waals surface area (Å²) in [5.74, 6) is 0. The Morgan fingerprint density at radius 3 is 1.00 bits per heavy atom. The Kier molecular flexibility index (Phi) is 6.14. The van der Waals surface area contributed by atoms with Crippen LogP contribution in [0.2, 0.25) is 0 Å². The van der Waals surface area contributed by atoms with Crippen molar-refractivity contribution in [1.82, 2.24) is 0 Å². The minimum absolute atomic E-state index is 2.83. The molecule has 7 heavy (non-hydrogen) atoms. The second kappa shape index (κ2) is 4.24. The van der Waals surface area contributed by atoms with Crippen LogP contribution >= 0.6 is 0 Å². The Balaban J connectivity index is 0. The van der Waals surface area contributed by atoms with E-state index in [9.17, 15) is 0 Å². The van der Waals surface area contributed by atoms with E-state index in [4.69, 9.17) is 23.4 Å². The quantitative estimate of drug-likeness (QED) is 0.271. The molecule has 0 saturated heterocycles. The molecule has 5 nitrogen and oxygen atoms in total. The van der Waals surface area contributed by atoms with E-state index in [0.717, 1.165) is 0 Å². The Morgan fingerprint density at radius 2 is 1.00 bits per heavy atom. The van der Waals surface area contributed by atoms with Crippen LogP contribution in [-0.2, 0) is 12.5 Å². The minimum atomic E-state index is -4.61. The lowest BCUT2D eigenvalue weighted by atomic mass is 15.7. The average molecular weight is 144 g/mol. The van der Waals surface area contributed by atoms with Crippen molar-refractivity contribution in [2.24, 2.45) is 0 Å². The van der Waals surface area contributed by atoms with Crippen LogP contribution in [0.1, 0.15) is 0 Å². The molecule has 0 unspecified atom stereocenters. The zero-order chi connectivity index (χ0) is 6.50. The van der Waals surface area contributed by atoms with Crippen molar-refractivity contribution in [1.29, 1.82) is 0 Å². The van der Waals surface area contributed by atoms with Gasteiger partial charge in [0.2, 0.25) is 0 Å². The smallest absolute Gasteiger partial charge is 0.368 e. The predicted molar refractivity (Wildman–Crippen MR) is 22.8 cm³/mol. The Hall–Kier alpha value is 0.0769. The molecule has 7 heteroatoms. The first-order valence-electron chi connectivity index (χ1n) is 1.06. The fourth-order valence-electron chi connectivity index (χ4n) is 0. The molecule has 0 amide bonds. The summed E-state index contributed by atoms with van der Waals surface area (Å²) >= 11 is 2.83. The maximum Gasteiger partial charge on any atom is 0.668 e. The monoisotopic (exact) mass is 144 g/mol. The molecule has 44 valence electrons. The molecule has 0 spiro atoms. The zero-order valence-corrected chi connectivity index (χ0v) is 4.92. The highest BCUT2D eigenvalue weighted by Gasteiger charge is 2.22. The van der Waals surface area contributed by atoms with Crippen LogP contribution < -0.4 is 0 Å². The molecule has 0 radical (unpaired) electrons. The fourth-order valence-corrected chi connectivity index (χ4v) is 0. The lowest BCUT2D eigenvalue weighted by molar-refractivity contribution is 0.117. The molecule has 0 heterocycles. The predicted octanol–water partition coefficient (Wildman–Crippen LogP) is -2.95. The van der Waals surface area contributed by atoms with E-state index >= 15 is 0 Å². The van der Waals surface area contributed by atoms with Crippen molar-refractivity contribution < 1.29 is 23.4 Å². The second-order valence-corrected chi connectivity index (χ2v) is 1.80. The third-order valence-electron chi connectivity index (χ3n) is 0. The van der Waals surface area contributed by atoms with E-state index in [1.165, 1.54) is 0 Å². The molecule has 0 aromatic carbocycles. The molecule has 0 fully saturated rings. The number of hydrogen-bond donors (Lipinski definition) is 4. The second-order valence-electron chi connectivity index (χ2n) is 0.600. The van der Waals surface area contributed by atoms with Gasteiger partial charge in [-0.05, 0) is 0 Å². The van der Waals surface area contributed by atoms with Crippen LogP contribution in [-0.4, -0.2) is 32.4 Å². The topological polar surface area (TPSA) is 98.0 Å². The Labute approximate surface area is 45.9 Å². The van der Waals surface area contributed by atoms with Crippen LogP contribution in [0.3, 0.4) is 0 Å². The summed E-state index contributed by atoms with van der Waals surface area (Å²) in [5, 5.41) is 0. The van der Waals surface area contributed by atoms with E-state index in [-0.39, 0.29) is 0 Å². The van der Waals surface area contributed by atoms with E-state index in [1.54, 1.807) is 0 Å². The third-order valence-corrected chi connectivity index (χ3v) is 0. The highest BCUT2D eigenvalue weighted by molar-refractivity contribution is 7.44. The van der Waals surface area contributed by atoms with Gasteiger partial charge in [-0.15, -0.1) is 0 Å². The first-order valence-corrected chi connectivity index (χ1v) is 3.18. The van der Waals surface area contributed by atoms with Gasteiger partial charge in [-0.2, -0.15) is 4.21 Å². The van der Waals surface area contributed by atoms with Crippen LogP contribution in [0.15, 0.2) is 0 Å². The summed E-state index contributed by atoms with van der Waals surface area (Å²) in [5.41, 5.74) is 0. The molecule has 0 atom stereocenters. The number of hydrogen-bond acceptors (Lipinski definition) is 6. The largest absolute Gasteiger partial charge is 0.668 e. The molecule has 0 aliphatic heterocycles. The van der Waals surface area contributed by atoms with Gasteiger partial charge in [0, 0.05) is 0 Å². The summed E-state index contributed by atoms with van der Waals surface area (Å²) in [6, 6.07) is 0. The summed E-state index contributed by atoms with van der Waals surface area (Å²) in [6.07, 6.45) is 0. The van der Waals surface area contributed by atoms with Gasteiger partial charge >= 0.3 is 9.05 Å². The molecule has 0 rings (SSSR count). The number of rotatable bonds is 0. The van der Waals surface area contributed by atoms with Gasteiger partial charge in [-0.3, -0.25) is 0 Å². The summed E-state index contributed by atoms with van der Waals surface area (Å²) in [6.45, 7) is 0. The van der Waals surface area contributed by atoms with Crippen molar-refractivity contribution in [2.45, 2.75) is 0 Å². The maximum atomic E-state index is 7.83. The van der Waals surface area contributed by atoms with E-state index in [2.05, 4.69) is 12.5 Å². The molecule has 0 aromatic heterocycles. The van der Waals surface area contributed by atoms with Crippen molar-refractivity contribution >= 4 is 21.6 Å². The molecule has 0 saturated carbocycles. The summed E-state index contributed by atoms with van der Waals surface area (Å²) in [7, 11) is -4.61. The van der Waals surface area contributed by atoms with Crippen LogP contribution in [0.25, 0.3) is 0 Å². The molecular weight excluding hydrogens is 140 g/mol. The Morgan fingerprint density at radius 1 is 1.00 bits per heavy atom. The lowest BCUT2D eigenvalue weighted by Gasteiger charge is -1.91. The van der Waals surface area contributed by atoms with Crippen molar-refractivity contribution in [3.05, 3.63) is 0 Å². The molecule has 0 bridgehead atoms. The van der Waals surface area contributed by atoms with E-state index < -0.39 is 9.05 Å². The van der Waals surface area contributed by atoms with Gasteiger partial charge in [0.1, 0.15) is 0 Å². The standard InChI is InChI=1S/H4O4Si.OS/c1-5(2,3)4;1-2/h1-4H;. The van der Waals surface area contributed by atoms with Gasteiger partial charge in [0.15, 0.2) is 12.5 Å². The highest BCUT2D eigenvalue weighted by atomic mass is 32.1. The fraction of sp³-hybridized carbons (Fsp3) is 0. The molecular formula is H4O5SSi. The third kappa shape index (κ3) is 17100. The van der Waals surface area contributed by atoms with Crippen LogP contribution in [0, 0.1) is 0 Å². The van der Waals surface area contributed by atoms with Gasteiger partial charge in [-0.1, -0.05) is 0 Å². The average Bonchev–Trinajstić information content (AvgIpc) is 1.36. The van der Waals surface area contributed by atoms with Gasteiger partial charge in [0.25, 0.3) is 0 Å². The first kappa shape index (κ1) is 10.1. The lowest BCUT2D eigenvalue weighted by Crippen LogP contribution is -2.33. The molecule has 4 N–H and O–H groups in total. The van der Waals surface area contributed by atoms with Gasteiger partial charge < -0.3 is 19.2 Å². The highest BCUT2D eigenvalue weighted by Crippen LogP contribution is 1.67. The normalized spacial score (nSPS) is 9.14. The minimum Gasteiger partial charge on any atom is -0.368 e. The molecule has 0 aliphatic carbocycles. The van der Waals surface area contributed by atoms with E-state index in [0.29, 0.717) is 0 Å². The van der Waals surface area contributed by atoms with Crippen molar-refractivity contribution in [3.63, 3.8) is 0 Å². The SMILES string of the molecule is O=S.O[Si](O)(O)O. The van der Waals surface area contributed by atoms with Crippen LogP contribution in [0.4, 0.5) is 0 Å². The first-order chi connectivity index (χ1) is 3.00. The maximum absolute atomic E-state index is 7.83. The summed E-state index contributed by atoms with van der Waals surface area (Å²) < 4.78 is 7.83. The molecule has 0 aliphatic rings. The van der Waals surface area contributed by atoms with Crippen molar-refractivity contribution in [3.8, 4) is 0 Å². The summed E-state index contributed by atoms with van der Waals surface area (Å²) in [4.78, 5) is 29.3.